The van der Waals surface area contributed by atoms with Gasteiger partial charge in [0.25, 0.3) is 5.91 Å². The summed E-state index contributed by atoms with van der Waals surface area (Å²) in [5, 5.41) is 12.2. The zero-order chi connectivity index (χ0) is 18.6. The molecule has 0 spiro atoms. The van der Waals surface area contributed by atoms with Crippen molar-refractivity contribution in [3.8, 4) is 11.1 Å². The Labute approximate surface area is 158 Å². The van der Waals surface area contributed by atoms with E-state index in [0.29, 0.717) is 17.9 Å². The highest BCUT2D eigenvalue weighted by molar-refractivity contribution is 5.95. The molecule has 3 aromatic rings. The highest BCUT2D eigenvalue weighted by Crippen LogP contribution is 2.24. The highest BCUT2D eigenvalue weighted by Gasteiger charge is 2.12. The molecule has 1 aliphatic heterocycles. The van der Waals surface area contributed by atoms with E-state index in [4.69, 9.17) is 0 Å². The van der Waals surface area contributed by atoms with Crippen molar-refractivity contribution in [2.45, 2.75) is 19.4 Å². The van der Waals surface area contributed by atoms with Gasteiger partial charge in [-0.25, -0.2) is 4.98 Å². The lowest BCUT2D eigenvalue weighted by Crippen LogP contribution is -2.33. The number of nitrogens with zero attached hydrogens (tertiary/aromatic N) is 2. The second kappa shape index (κ2) is 7.90. The van der Waals surface area contributed by atoms with Crippen LogP contribution < -0.4 is 5.32 Å². The summed E-state index contributed by atoms with van der Waals surface area (Å²) in [5.74, 6) is 0.509. The van der Waals surface area contributed by atoms with E-state index in [1.54, 1.807) is 0 Å². The Bertz CT molecular complexity index is 944. The molecule has 6 nitrogen and oxygen atoms in total. The molecule has 1 amide bonds. The van der Waals surface area contributed by atoms with Crippen LogP contribution in [-0.2, 0) is 6.61 Å². The second-order valence-corrected chi connectivity index (χ2v) is 6.96. The first-order valence-corrected chi connectivity index (χ1v) is 9.43. The molecule has 0 unspecified atom stereocenters. The molecule has 0 aliphatic carbocycles. The van der Waals surface area contributed by atoms with E-state index in [1.165, 1.54) is 12.8 Å². The van der Waals surface area contributed by atoms with E-state index in [2.05, 4.69) is 20.2 Å². The largest absolute Gasteiger partial charge is 0.388 e. The molecule has 0 radical (unpaired) electrons. The summed E-state index contributed by atoms with van der Waals surface area (Å²) in [7, 11) is 0. The van der Waals surface area contributed by atoms with Gasteiger partial charge in [0.05, 0.1) is 11.0 Å². The monoisotopic (exact) mass is 364 g/mol. The van der Waals surface area contributed by atoms with Crippen molar-refractivity contribution in [3.63, 3.8) is 0 Å². The van der Waals surface area contributed by atoms with Crippen LogP contribution in [0.1, 0.15) is 29.0 Å². The van der Waals surface area contributed by atoms with Gasteiger partial charge in [0, 0.05) is 18.7 Å². The molecular formula is C21H24N4O2. The second-order valence-electron chi connectivity index (χ2n) is 6.96. The van der Waals surface area contributed by atoms with E-state index >= 15 is 0 Å². The molecule has 1 aromatic heterocycles. The molecule has 1 fully saturated rings. The molecule has 0 saturated carbocycles. The Balaban J connectivity index is 1.47. The third-order valence-electron chi connectivity index (χ3n) is 5.05. The molecule has 3 N–H and O–H groups in total. The number of aromatic amines is 1. The number of carbonyl (C=O) groups is 1. The fourth-order valence-electron chi connectivity index (χ4n) is 3.59. The van der Waals surface area contributed by atoms with Gasteiger partial charge in [-0.1, -0.05) is 18.2 Å². The standard InChI is InChI=1S/C21H24N4O2/c26-14-20-23-18-7-6-16(13-19(18)24-20)15-4-3-5-17(12-15)21(27)22-8-11-25-9-1-2-10-25/h3-7,12-13,26H,1-2,8-11,14H2,(H,22,27)(H,23,24). The summed E-state index contributed by atoms with van der Waals surface area (Å²) in [6.45, 7) is 3.75. The molecule has 0 atom stereocenters. The van der Waals surface area contributed by atoms with Gasteiger partial charge in [0.15, 0.2) is 0 Å². The summed E-state index contributed by atoms with van der Waals surface area (Å²) in [4.78, 5) is 22.3. The van der Waals surface area contributed by atoms with E-state index < -0.39 is 0 Å². The predicted molar refractivity (Wildman–Crippen MR) is 105 cm³/mol. The van der Waals surface area contributed by atoms with E-state index in [9.17, 15) is 9.90 Å². The summed E-state index contributed by atoms with van der Waals surface area (Å²) in [6.07, 6.45) is 2.52. The number of H-pyrrole nitrogens is 1. The molecule has 27 heavy (non-hydrogen) atoms. The minimum Gasteiger partial charge on any atom is -0.388 e. The van der Waals surface area contributed by atoms with Crippen molar-refractivity contribution >= 4 is 16.9 Å². The number of hydrogen-bond donors (Lipinski definition) is 3. The van der Waals surface area contributed by atoms with Gasteiger partial charge in [0.2, 0.25) is 0 Å². The number of amides is 1. The first kappa shape index (κ1) is 17.7. The molecule has 1 saturated heterocycles. The van der Waals surface area contributed by atoms with Crippen LogP contribution in [0, 0.1) is 0 Å². The van der Waals surface area contributed by atoms with Crippen molar-refractivity contribution in [2.75, 3.05) is 26.2 Å². The molecule has 2 heterocycles. The van der Waals surface area contributed by atoms with Crippen LogP contribution >= 0.6 is 0 Å². The van der Waals surface area contributed by atoms with Crippen molar-refractivity contribution in [1.29, 1.82) is 0 Å². The number of nitrogens with one attached hydrogen (secondary N) is 2. The fraction of sp³-hybridized carbons (Fsp3) is 0.333. The Morgan fingerprint density at radius 2 is 1.96 bits per heavy atom. The minimum atomic E-state index is -0.114. The maximum absolute atomic E-state index is 12.5. The average Bonchev–Trinajstić information content (AvgIpc) is 3.36. The third-order valence-corrected chi connectivity index (χ3v) is 5.05. The third kappa shape index (κ3) is 4.02. The maximum Gasteiger partial charge on any atom is 0.251 e. The van der Waals surface area contributed by atoms with Crippen molar-refractivity contribution in [3.05, 3.63) is 53.9 Å². The number of likely N-dealkylation sites (tertiary alicyclic amines) is 1. The zero-order valence-electron chi connectivity index (χ0n) is 15.2. The van der Waals surface area contributed by atoms with E-state index in [1.807, 2.05) is 42.5 Å². The average molecular weight is 364 g/mol. The summed E-state index contributed by atoms with van der Waals surface area (Å²) in [6, 6.07) is 13.5. The molecule has 4 rings (SSSR count). The number of imidazole rings is 1. The highest BCUT2D eigenvalue weighted by atomic mass is 16.3. The van der Waals surface area contributed by atoms with Gasteiger partial charge in [-0.3, -0.25) is 4.79 Å². The number of fused-ring (bicyclic) bond motifs is 1. The lowest BCUT2D eigenvalue weighted by molar-refractivity contribution is 0.0950. The predicted octanol–water partition coefficient (Wildman–Crippen LogP) is 2.55. The number of aliphatic hydroxyl groups is 1. The van der Waals surface area contributed by atoms with Crippen LogP contribution in [0.2, 0.25) is 0 Å². The Hall–Kier alpha value is -2.70. The number of carbonyl (C=O) groups excluding carboxylic acids is 1. The summed E-state index contributed by atoms with van der Waals surface area (Å²) in [5.41, 5.74) is 4.33. The minimum absolute atomic E-state index is 0.0405. The number of aliphatic hydroxyl groups excluding tert-OH is 1. The molecule has 0 bridgehead atoms. The smallest absolute Gasteiger partial charge is 0.251 e. The molecule has 140 valence electrons. The Kier molecular flexibility index (Phi) is 5.18. The number of benzene rings is 2. The zero-order valence-corrected chi connectivity index (χ0v) is 15.2. The maximum atomic E-state index is 12.5. The van der Waals surface area contributed by atoms with Crippen molar-refractivity contribution in [2.24, 2.45) is 0 Å². The van der Waals surface area contributed by atoms with Gasteiger partial charge in [-0.2, -0.15) is 0 Å². The van der Waals surface area contributed by atoms with Gasteiger partial charge in [-0.05, 0) is 61.3 Å². The van der Waals surface area contributed by atoms with Crippen LogP contribution in [-0.4, -0.2) is 52.1 Å². The van der Waals surface area contributed by atoms with Crippen molar-refractivity contribution < 1.29 is 9.90 Å². The van der Waals surface area contributed by atoms with Crippen molar-refractivity contribution in [1.82, 2.24) is 20.2 Å². The number of aromatic nitrogens is 2. The molecular weight excluding hydrogens is 340 g/mol. The fourth-order valence-corrected chi connectivity index (χ4v) is 3.59. The Morgan fingerprint density at radius 3 is 2.78 bits per heavy atom. The molecule has 1 aliphatic rings. The molecule has 2 aromatic carbocycles. The van der Waals surface area contributed by atoms with Crippen LogP contribution in [0.4, 0.5) is 0 Å². The number of rotatable bonds is 6. The van der Waals surface area contributed by atoms with Gasteiger partial charge in [0.1, 0.15) is 12.4 Å². The quantitative estimate of drug-likeness (QED) is 0.628. The summed E-state index contributed by atoms with van der Waals surface area (Å²) < 4.78 is 0. The van der Waals surface area contributed by atoms with E-state index in [0.717, 1.165) is 41.8 Å². The van der Waals surface area contributed by atoms with Crippen LogP contribution in [0.5, 0.6) is 0 Å². The summed E-state index contributed by atoms with van der Waals surface area (Å²) >= 11 is 0. The van der Waals surface area contributed by atoms with E-state index in [-0.39, 0.29) is 12.5 Å². The van der Waals surface area contributed by atoms with Crippen LogP contribution in [0.15, 0.2) is 42.5 Å². The normalized spacial score (nSPS) is 14.7. The van der Waals surface area contributed by atoms with Crippen LogP contribution in [0.25, 0.3) is 22.2 Å². The first-order chi connectivity index (χ1) is 13.2. The Morgan fingerprint density at radius 1 is 1.15 bits per heavy atom. The van der Waals surface area contributed by atoms with Gasteiger partial charge in [-0.15, -0.1) is 0 Å². The molecule has 6 heteroatoms. The first-order valence-electron chi connectivity index (χ1n) is 9.43. The van der Waals surface area contributed by atoms with Crippen LogP contribution in [0.3, 0.4) is 0 Å². The number of hydrogen-bond acceptors (Lipinski definition) is 4. The van der Waals surface area contributed by atoms with Gasteiger partial charge < -0.3 is 20.3 Å². The topological polar surface area (TPSA) is 81.2 Å². The lowest BCUT2D eigenvalue weighted by Gasteiger charge is -2.14. The van der Waals surface area contributed by atoms with Gasteiger partial charge >= 0.3 is 0 Å². The lowest BCUT2D eigenvalue weighted by atomic mass is 10.0. The SMILES string of the molecule is O=C(NCCN1CCCC1)c1cccc(-c2ccc3nc(CO)[nH]c3c2)c1.